The molecule has 1 aromatic rings. The molecule has 3 N–H and O–H groups in total. The molecule has 84 valence electrons. The highest BCUT2D eigenvalue weighted by Gasteiger charge is 2.36. The number of hydrogen-bond donors (Lipinski definition) is 2. The van der Waals surface area contributed by atoms with E-state index in [9.17, 15) is 0 Å². The monoisotopic (exact) mass is 208 g/mol. The van der Waals surface area contributed by atoms with Crippen LogP contribution in [0.3, 0.4) is 0 Å². The van der Waals surface area contributed by atoms with Crippen LogP contribution in [-0.4, -0.2) is 15.2 Å². The maximum atomic E-state index is 6.39. The third-order valence-electron chi connectivity index (χ3n) is 3.34. The van der Waals surface area contributed by atoms with Crippen molar-refractivity contribution in [3.05, 3.63) is 11.6 Å². The van der Waals surface area contributed by atoms with Crippen molar-refractivity contribution in [3.63, 3.8) is 0 Å². The number of aromatic amines is 1. The van der Waals surface area contributed by atoms with E-state index < -0.39 is 0 Å². The Morgan fingerprint density at radius 2 is 2.40 bits per heavy atom. The minimum absolute atomic E-state index is 0.290. The topological polar surface area (TPSA) is 67.6 Å². The Labute approximate surface area is 90.7 Å². The predicted octanol–water partition coefficient (Wildman–Crippen LogP) is 1.73. The second-order valence-corrected chi connectivity index (χ2v) is 4.82. The van der Waals surface area contributed by atoms with Gasteiger partial charge in [-0.1, -0.05) is 26.7 Å². The lowest BCUT2D eigenvalue weighted by Crippen LogP contribution is -2.42. The molecule has 1 aliphatic rings. The second-order valence-electron chi connectivity index (χ2n) is 4.82. The Morgan fingerprint density at radius 3 is 3.00 bits per heavy atom. The highest BCUT2D eigenvalue weighted by Crippen LogP contribution is 2.36. The van der Waals surface area contributed by atoms with Crippen molar-refractivity contribution in [3.8, 4) is 0 Å². The average Bonchev–Trinajstić information content (AvgIpc) is 2.66. The van der Waals surface area contributed by atoms with Crippen LogP contribution in [0.15, 0.2) is 0 Å². The highest BCUT2D eigenvalue weighted by molar-refractivity contribution is 5.07. The number of nitrogens with one attached hydrogen (secondary N) is 1. The van der Waals surface area contributed by atoms with Gasteiger partial charge in [0.2, 0.25) is 0 Å². The fraction of sp³-hybridized carbons (Fsp3) is 0.818. The van der Waals surface area contributed by atoms with Crippen LogP contribution in [0.5, 0.6) is 0 Å². The zero-order valence-electron chi connectivity index (χ0n) is 9.58. The van der Waals surface area contributed by atoms with Gasteiger partial charge < -0.3 is 5.73 Å². The van der Waals surface area contributed by atoms with E-state index in [1.54, 1.807) is 0 Å². The van der Waals surface area contributed by atoms with E-state index in [4.69, 9.17) is 5.73 Å². The van der Waals surface area contributed by atoms with Gasteiger partial charge in [-0.15, -0.1) is 0 Å². The van der Waals surface area contributed by atoms with Crippen LogP contribution in [0.1, 0.15) is 51.2 Å². The Balaban J connectivity index is 2.20. The molecule has 4 heteroatoms. The first-order valence-electron chi connectivity index (χ1n) is 5.84. The lowest BCUT2D eigenvalue weighted by atomic mass is 9.76. The summed E-state index contributed by atoms with van der Waals surface area (Å²) in [5.41, 5.74) is 6.10. The van der Waals surface area contributed by atoms with Crippen molar-refractivity contribution in [2.24, 2.45) is 11.7 Å². The Hall–Kier alpha value is -0.900. The van der Waals surface area contributed by atoms with E-state index >= 15 is 0 Å². The average molecular weight is 208 g/mol. The molecular formula is C11H20N4. The molecule has 0 radical (unpaired) electrons. The SMILES string of the molecule is CCc1nc(C2(N)CCCC(C)C2)n[nH]1. The third-order valence-corrected chi connectivity index (χ3v) is 3.34. The maximum Gasteiger partial charge on any atom is 0.170 e. The quantitative estimate of drug-likeness (QED) is 0.777. The van der Waals surface area contributed by atoms with Crippen LogP contribution in [0.2, 0.25) is 0 Å². The van der Waals surface area contributed by atoms with Crippen LogP contribution < -0.4 is 5.73 Å². The van der Waals surface area contributed by atoms with Gasteiger partial charge in [0.1, 0.15) is 5.82 Å². The van der Waals surface area contributed by atoms with Crippen LogP contribution in [0, 0.1) is 5.92 Å². The highest BCUT2D eigenvalue weighted by atomic mass is 15.2. The molecule has 4 nitrogen and oxygen atoms in total. The summed E-state index contributed by atoms with van der Waals surface area (Å²) < 4.78 is 0. The zero-order chi connectivity index (χ0) is 10.9. The first kappa shape index (κ1) is 10.6. The van der Waals surface area contributed by atoms with Crippen LogP contribution in [0.4, 0.5) is 0 Å². The molecule has 0 bridgehead atoms. The van der Waals surface area contributed by atoms with Gasteiger partial charge in [0, 0.05) is 6.42 Å². The number of aromatic nitrogens is 3. The smallest absolute Gasteiger partial charge is 0.170 e. The Bertz CT molecular complexity index is 333. The van der Waals surface area contributed by atoms with Crippen LogP contribution in [-0.2, 0) is 12.0 Å². The predicted molar refractivity (Wildman–Crippen MR) is 59.3 cm³/mol. The summed E-state index contributed by atoms with van der Waals surface area (Å²) in [4.78, 5) is 4.47. The first-order valence-corrected chi connectivity index (χ1v) is 5.84. The van der Waals surface area contributed by atoms with Crippen molar-refractivity contribution in [2.75, 3.05) is 0 Å². The molecule has 0 aliphatic heterocycles. The third kappa shape index (κ3) is 2.04. The number of hydrogen-bond acceptors (Lipinski definition) is 3. The molecule has 1 aromatic heterocycles. The van der Waals surface area contributed by atoms with E-state index in [1.807, 2.05) is 0 Å². The zero-order valence-corrected chi connectivity index (χ0v) is 9.58. The van der Waals surface area contributed by atoms with E-state index in [-0.39, 0.29) is 5.54 Å². The summed E-state index contributed by atoms with van der Waals surface area (Å²) in [6, 6.07) is 0. The van der Waals surface area contributed by atoms with Crippen molar-refractivity contribution >= 4 is 0 Å². The molecule has 0 amide bonds. The van der Waals surface area contributed by atoms with Gasteiger partial charge in [-0.3, -0.25) is 5.10 Å². The standard InChI is InChI=1S/C11H20N4/c1-3-9-13-10(15-14-9)11(12)6-4-5-8(2)7-11/h8H,3-7,12H2,1-2H3,(H,13,14,15). The van der Waals surface area contributed by atoms with Gasteiger partial charge >= 0.3 is 0 Å². The van der Waals surface area contributed by atoms with Crippen molar-refractivity contribution in [2.45, 2.75) is 51.5 Å². The van der Waals surface area contributed by atoms with E-state index in [1.165, 1.54) is 12.8 Å². The molecule has 1 heterocycles. The normalized spacial score (nSPS) is 31.8. The lowest BCUT2D eigenvalue weighted by molar-refractivity contribution is 0.228. The minimum Gasteiger partial charge on any atom is -0.319 e. The van der Waals surface area contributed by atoms with Gasteiger partial charge in [-0.25, -0.2) is 4.98 Å². The van der Waals surface area contributed by atoms with Gasteiger partial charge in [0.15, 0.2) is 5.82 Å². The van der Waals surface area contributed by atoms with Crippen molar-refractivity contribution in [1.82, 2.24) is 15.2 Å². The van der Waals surface area contributed by atoms with Gasteiger partial charge in [-0.2, -0.15) is 5.10 Å². The summed E-state index contributed by atoms with van der Waals surface area (Å²) in [5, 5.41) is 7.21. The number of nitrogens with two attached hydrogens (primary N) is 1. The fourth-order valence-corrected chi connectivity index (χ4v) is 2.47. The van der Waals surface area contributed by atoms with E-state index in [0.717, 1.165) is 30.9 Å². The molecule has 15 heavy (non-hydrogen) atoms. The molecule has 1 fully saturated rings. The molecule has 0 aromatic carbocycles. The number of H-pyrrole nitrogens is 1. The van der Waals surface area contributed by atoms with Gasteiger partial charge in [0.25, 0.3) is 0 Å². The van der Waals surface area contributed by atoms with Crippen LogP contribution >= 0.6 is 0 Å². The Kier molecular flexibility index (Phi) is 2.78. The van der Waals surface area contributed by atoms with Gasteiger partial charge in [-0.05, 0) is 18.8 Å². The molecule has 0 saturated heterocycles. The molecule has 1 aliphatic carbocycles. The summed E-state index contributed by atoms with van der Waals surface area (Å²) in [6.45, 7) is 4.32. The van der Waals surface area contributed by atoms with Crippen molar-refractivity contribution < 1.29 is 0 Å². The van der Waals surface area contributed by atoms with Crippen LogP contribution in [0.25, 0.3) is 0 Å². The summed E-state index contributed by atoms with van der Waals surface area (Å²) in [6.07, 6.45) is 5.38. The lowest BCUT2D eigenvalue weighted by Gasteiger charge is -2.34. The summed E-state index contributed by atoms with van der Waals surface area (Å²) in [7, 11) is 0. The van der Waals surface area contributed by atoms with E-state index in [2.05, 4.69) is 29.0 Å². The molecular weight excluding hydrogens is 188 g/mol. The molecule has 0 spiro atoms. The number of nitrogens with zero attached hydrogens (tertiary/aromatic N) is 2. The van der Waals surface area contributed by atoms with E-state index in [0.29, 0.717) is 5.92 Å². The number of rotatable bonds is 2. The fourth-order valence-electron chi connectivity index (χ4n) is 2.47. The molecule has 2 unspecified atom stereocenters. The molecule has 2 atom stereocenters. The summed E-state index contributed by atoms with van der Waals surface area (Å²) >= 11 is 0. The largest absolute Gasteiger partial charge is 0.319 e. The van der Waals surface area contributed by atoms with Gasteiger partial charge in [0.05, 0.1) is 5.54 Å². The maximum absolute atomic E-state index is 6.39. The first-order chi connectivity index (χ1) is 7.14. The Morgan fingerprint density at radius 1 is 1.60 bits per heavy atom. The molecule has 2 rings (SSSR count). The summed E-state index contributed by atoms with van der Waals surface area (Å²) in [5.74, 6) is 2.44. The number of aryl methyl sites for hydroxylation is 1. The second kappa shape index (κ2) is 3.93. The minimum atomic E-state index is -0.290. The van der Waals surface area contributed by atoms with Crippen molar-refractivity contribution in [1.29, 1.82) is 0 Å². The molecule has 1 saturated carbocycles.